The highest BCUT2D eigenvalue weighted by molar-refractivity contribution is 8.05. The molecule has 0 saturated heterocycles. The van der Waals surface area contributed by atoms with Crippen LogP contribution < -0.4 is 0 Å². The third-order valence-electron chi connectivity index (χ3n) is 2.20. The maximum absolute atomic E-state index is 12.5. The van der Waals surface area contributed by atoms with Gasteiger partial charge in [-0.25, -0.2) is 0 Å². The fourth-order valence-corrected chi connectivity index (χ4v) is 3.99. The molecule has 0 aromatic carbocycles. The van der Waals surface area contributed by atoms with Gasteiger partial charge in [0.25, 0.3) is 0 Å². The first kappa shape index (κ1) is 18.4. The van der Waals surface area contributed by atoms with E-state index in [1.54, 1.807) is 0 Å². The van der Waals surface area contributed by atoms with Gasteiger partial charge in [0.2, 0.25) is 0 Å². The van der Waals surface area contributed by atoms with Crippen molar-refractivity contribution < 1.29 is 4.79 Å². The molecule has 0 rings (SSSR count). The summed E-state index contributed by atoms with van der Waals surface area (Å²) < 4.78 is 0.346. The molecule has 0 N–H and O–H groups in total. The number of hydrogen-bond donors (Lipinski definition) is 0. The van der Waals surface area contributed by atoms with Gasteiger partial charge in [-0.1, -0.05) is 62.3 Å². The average molecular weight is 291 g/mol. The van der Waals surface area contributed by atoms with Crippen molar-refractivity contribution in [3.8, 4) is 0 Å². The van der Waals surface area contributed by atoms with E-state index in [1.165, 1.54) is 0 Å². The van der Waals surface area contributed by atoms with Crippen molar-refractivity contribution in [3.63, 3.8) is 0 Å². The van der Waals surface area contributed by atoms with Crippen molar-refractivity contribution in [1.29, 1.82) is 0 Å². The Hall–Kier alpha value is 0.370. The first-order valence-electron chi connectivity index (χ1n) is 6.58. The molecular weight excluding hydrogens is 260 g/mol. The van der Waals surface area contributed by atoms with Gasteiger partial charge in [0.05, 0.1) is 5.25 Å². The Morgan fingerprint density at radius 2 is 1.33 bits per heavy atom. The molecule has 1 atom stereocenters. The lowest BCUT2D eigenvalue weighted by atomic mass is 9.89. The molecule has 0 aromatic rings. The van der Waals surface area contributed by atoms with Crippen LogP contribution in [-0.4, -0.2) is 26.3 Å². The number of carbonyl (C=O) groups is 1. The maximum Gasteiger partial charge on any atom is 0.151 e. The van der Waals surface area contributed by atoms with Crippen LogP contribution in [0.3, 0.4) is 0 Å². The molecule has 0 aliphatic carbocycles. The molecule has 0 radical (unpaired) electrons. The van der Waals surface area contributed by atoms with E-state index in [9.17, 15) is 4.79 Å². The summed E-state index contributed by atoms with van der Waals surface area (Å²) >= 11 is 3.69. The number of ketones is 1. The fourth-order valence-electron chi connectivity index (χ4n) is 1.40. The summed E-state index contributed by atoms with van der Waals surface area (Å²) in [5, 5.41) is 0.0919. The van der Waals surface area contributed by atoms with E-state index < -0.39 is 0 Å². The second-order valence-electron chi connectivity index (χ2n) is 7.76. The van der Waals surface area contributed by atoms with E-state index in [2.05, 4.69) is 41.5 Å². The zero-order valence-corrected chi connectivity index (χ0v) is 15.1. The van der Waals surface area contributed by atoms with Crippen molar-refractivity contribution >= 4 is 29.3 Å². The van der Waals surface area contributed by atoms with E-state index in [4.69, 9.17) is 0 Å². The SMILES string of the molecule is CC(C)(C)SCC(SC(C)(C)C)C(=O)C(C)(C)C. The van der Waals surface area contributed by atoms with Crippen LogP contribution in [0.4, 0.5) is 0 Å². The van der Waals surface area contributed by atoms with Gasteiger partial charge < -0.3 is 0 Å². The molecule has 0 amide bonds. The summed E-state index contributed by atoms with van der Waals surface area (Å²) in [7, 11) is 0. The molecule has 0 bridgehead atoms. The summed E-state index contributed by atoms with van der Waals surface area (Å²) in [6, 6.07) is 0. The summed E-state index contributed by atoms with van der Waals surface area (Å²) in [6.07, 6.45) is 0. The Balaban J connectivity index is 4.80. The zero-order valence-electron chi connectivity index (χ0n) is 13.5. The Morgan fingerprint density at radius 3 is 1.61 bits per heavy atom. The minimum atomic E-state index is -0.249. The molecule has 18 heavy (non-hydrogen) atoms. The highest BCUT2D eigenvalue weighted by atomic mass is 32.2. The number of rotatable bonds is 4. The van der Waals surface area contributed by atoms with Crippen LogP contribution >= 0.6 is 23.5 Å². The molecule has 0 saturated carbocycles. The molecule has 0 spiro atoms. The second-order valence-corrected chi connectivity index (χ2v) is 11.6. The van der Waals surface area contributed by atoms with Crippen LogP contribution in [-0.2, 0) is 4.79 Å². The molecular formula is C15H30OS2. The smallest absolute Gasteiger partial charge is 0.151 e. The van der Waals surface area contributed by atoms with Gasteiger partial charge in [0, 0.05) is 20.7 Å². The van der Waals surface area contributed by atoms with E-state index in [0.29, 0.717) is 5.78 Å². The molecule has 0 heterocycles. The highest BCUT2D eigenvalue weighted by Crippen LogP contribution is 2.36. The summed E-state index contributed by atoms with van der Waals surface area (Å²) in [6.45, 7) is 19.2. The summed E-state index contributed by atoms with van der Waals surface area (Å²) in [4.78, 5) is 12.5. The lowest BCUT2D eigenvalue weighted by Gasteiger charge is -2.31. The van der Waals surface area contributed by atoms with E-state index in [0.717, 1.165) is 5.75 Å². The number of hydrogen-bond acceptors (Lipinski definition) is 3. The average Bonchev–Trinajstić information content (AvgIpc) is 2.06. The largest absolute Gasteiger partial charge is 0.298 e. The lowest BCUT2D eigenvalue weighted by molar-refractivity contribution is -0.125. The first-order chi connectivity index (χ1) is 7.72. The van der Waals surface area contributed by atoms with Crippen LogP contribution in [0.15, 0.2) is 0 Å². The molecule has 3 heteroatoms. The molecule has 0 aliphatic heterocycles. The topological polar surface area (TPSA) is 17.1 Å². The molecule has 1 nitrogen and oxygen atoms in total. The predicted octanol–water partition coefficient (Wildman–Crippen LogP) is 5.03. The van der Waals surface area contributed by atoms with Crippen molar-refractivity contribution in [1.82, 2.24) is 0 Å². The number of Topliss-reactive ketones (excluding diaryl/α,β-unsaturated/α-hetero) is 1. The normalized spacial score (nSPS) is 15.6. The summed E-state index contributed by atoms with van der Waals surface area (Å²) in [5.74, 6) is 1.28. The van der Waals surface area contributed by atoms with Crippen LogP contribution in [0.2, 0.25) is 0 Å². The summed E-state index contributed by atoms with van der Waals surface area (Å²) in [5.41, 5.74) is -0.249. The van der Waals surface area contributed by atoms with Gasteiger partial charge in [-0.15, -0.1) is 11.8 Å². The van der Waals surface area contributed by atoms with Gasteiger partial charge in [-0.05, 0) is 0 Å². The standard InChI is InChI=1S/C15H30OS2/c1-13(2,3)12(16)11(18-15(7,8)9)10-17-14(4,5)6/h11H,10H2,1-9H3. The Labute approximate surface area is 122 Å². The van der Waals surface area contributed by atoms with E-state index in [1.807, 2.05) is 44.3 Å². The Kier molecular flexibility index (Phi) is 6.34. The number of thioether (sulfide) groups is 2. The third-order valence-corrected chi connectivity index (χ3v) is 5.14. The lowest BCUT2D eigenvalue weighted by Crippen LogP contribution is -2.35. The highest BCUT2D eigenvalue weighted by Gasteiger charge is 2.33. The Morgan fingerprint density at radius 1 is 0.889 bits per heavy atom. The van der Waals surface area contributed by atoms with Crippen molar-refractivity contribution in [3.05, 3.63) is 0 Å². The van der Waals surface area contributed by atoms with Gasteiger partial charge in [-0.3, -0.25) is 4.79 Å². The second kappa shape index (κ2) is 6.21. The van der Waals surface area contributed by atoms with Crippen LogP contribution in [0.1, 0.15) is 62.3 Å². The molecule has 1 unspecified atom stereocenters. The van der Waals surface area contributed by atoms with Gasteiger partial charge in [0.15, 0.2) is 5.78 Å². The minimum absolute atomic E-state index is 0.0919. The van der Waals surface area contributed by atoms with Crippen molar-refractivity contribution in [2.24, 2.45) is 5.41 Å². The molecule has 0 aliphatic rings. The van der Waals surface area contributed by atoms with Crippen LogP contribution in [0.25, 0.3) is 0 Å². The third kappa shape index (κ3) is 8.47. The first-order valence-corrected chi connectivity index (χ1v) is 8.45. The monoisotopic (exact) mass is 290 g/mol. The van der Waals surface area contributed by atoms with Gasteiger partial charge >= 0.3 is 0 Å². The van der Waals surface area contributed by atoms with Crippen LogP contribution in [0.5, 0.6) is 0 Å². The number of carbonyl (C=O) groups excluding carboxylic acids is 1. The zero-order chi connectivity index (χ0) is 14.8. The van der Waals surface area contributed by atoms with Gasteiger partial charge in [-0.2, -0.15) is 11.8 Å². The van der Waals surface area contributed by atoms with Gasteiger partial charge in [0.1, 0.15) is 0 Å². The minimum Gasteiger partial charge on any atom is -0.298 e. The Bertz CT molecular complexity index is 276. The quantitative estimate of drug-likeness (QED) is 0.722. The van der Waals surface area contributed by atoms with E-state index >= 15 is 0 Å². The predicted molar refractivity (Wildman–Crippen MR) is 87.8 cm³/mol. The fraction of sp³-hybridized carbons (Fsp3) is 0.933. The maximum atomic E-state index is 12.5. The van der Waals surface area contributed by atoms with Crippen LogP contribution in [0, 0.1) is 5.41 Å². The molecule has 0 aromatic heterocycles. The van der Waals surface area contributed by atoms with E-state index in [-0.39, 0.29) is 20.2 Å². The molecule has 0 fully saturated rings. The van der Waals surface area contributed by atoms with Crippen molar-refractivity contribution in [2.75, 3.05) is 5.75 Å². The molecule has 108 valence electrons. The van der Waals surface area contributed by atoms with Crippen molar-refractivity contribution in [2.45, 2.75) is 77.1 Å².